The van der Waals surface area contributed by atoms with E-state index in [4.69, 9.17) is 20.4 Å². The second kappa shape index (κ2) is 10.3. The third-order valence-corrected chi connectivity index (χ3v) is 10.8. The van der Waals surface area contributed by atoms with E-state index in [0.717, 1.165) is 84.3 Å². The summed E-state index contributed by atoms with van der Waals surface area (Å²) in [4.78, 5) is 38.7. The number of ether oxygens (including phenoxy) is 1. The first kappa shape index (κ1) is 27.6. The van der Waals surface area contributed by atoms with Crippen molar-refractivity contribution in [3.05, 3.63) is 41.6 Å². The number of fused-ring (bicyclic) bond motifs is 5. The van der Waals surface area contributed by atoms with Gasteiger partial charge in [0.25, 0.3) is 5.91 Å². The normalized spacial score (nSPS) is 28.4. The Hall–Kier alpha value is -3.92. The molecular weight excluding hydrogens is 554 g/mol. The number of aryl methyl sites for hydroxylation is 1. The average Bonchev–Trinajstić information content (AvgIpc) is 3.27. The lowest BCUT2D eigenvalue weighted by atomic mass is 9.97. The Bertz CT molecular complexity index is 1810. The van der Waals surface area contributed by atoms with Gasteiger partial charge >= 0.3 is 0 Å². The molecule has 10 heteroatoms. The summed E-state index contributed by atoms with van der Waals surface area (Å²) in [6, 6.07) is 10.3. The number of carbonyl (C=O) groups excluding carboxylic acids is 2. The van der Waals surface area contributed by atoms with Crippen LogP contribution in [0.5, 0.6) is 5.75 Å². The number of hydrogen-bond acceptors (Lipinski definition) is 6. The fraction of sp³-hybridized carbons (Fsp3) is 0.529. The van der Waals surface area contributed by atoms with E-state index in [1.54, 1.807) is 7.11 Å². The summed E-state index contributed by atoms with van der Waals surface area (Å²) in [5, 5.41) is 4.19. The monoisotopic (exact) mass is 595 g/mol. The van der Waals surface area contributed by atoms with E-state index in [1.807, 2.05) is 37.1 Å². The highest BCUT2D eigenvalue weighted by Gasteiger charge is 2.47. The van der Waals surface area contributed by atoms with Gasteiger partial charge in [-0.2, -0.15) is 0 Å². The highest BCUT2D eigenvalue weighted by atomic mass is 16.5. The van der Waals surface area contributed by atoms with Crippen molar-refractivity contribution < 1.29 is 14.3 Å². The Labute approximate surface area is 256 Å². The number of benzene rings is 1. The Morgan fingerprint density at radius 1 is 1.07 bits per heavy atom. The van der Waals surface area contributed by atoms with Gasteiger partial charge in [-0.15, -0.1) is 0 Å². The standard InChI is InChI=1S/C34H41N7O3/c1-18-25-10-8-20-14-28(40(32(20)37-25)17-22-12-19(22)6-4-5-7-30(42)36-18)33-38-26-13-21(15-29(44-3)31(26)39(33)2)34(43)41-23-9-11-27(41)24(35)16-23/h8,10,13-15,18-19,22-24,27H,4-7,9,11-12,16-17,35H2,1-3H3,(H,36,42)/t18-,19+,22-,23+,24-,27-/m1/s1. The van der Waals surface area contributed by atoms with Crippen LogP contribution in [-0.2, 0) is 18.4 Å². The Morgan fingerprint density at radius 3 is 2.70 bits per heavy atom. The molecule has 4 bridgehead atoms. The van der Waals surface area contributed by atoms with Gasteiger partial charge in [0.05, 0.1) is 30.1 Å². The first-order valence-electron chi connectivity index (χ1n) is 16.2. The van der Waals surface area contributed by atoms with Crippen molar-refractivity contribution in [1.29, 1.82) is 0 Å². The smallest absolute Gasteiger partial charge is 0.254 e. The number of nitrogens with one attached hydrogen (secondary N) is 1. The van der Waals surface area contributed by atoms with Crippen LogP contribution in [0.2, 0.25) is 0 Å². The molecule has 230 valence electrons. The number of nitrogens with two attached hydrogens (primary N) is 1. The summed E-state index contributed by atoms with van der Waals surface area (Å²) in [5.74, 6) is 2.80. The SMILES string of the molecule is COc1cc(C(=O)N2[C@H]3CC[C@@H]2[C@H](N)C3)cc2nc(-c3cc4ccc5nc4n3C[C@H]3C[C@@H]3CCCCC(=O)N[C@@H]5C)n(C)c12. The molecule has 44 heavy (non-hydrogen) atoms. The van der Waals surface area contributed by atoms with Crippen LogP contribution in [0.15, 0.2) is 30.3 Å². The number of aromatic nitrogens is 4. The van der Waals surface area contributed by atoms with Gasteiger partial charge in [0.15, 0.2) is 5.82 Å². The van der Waals surface area contributed by atoms with Crippen molar-refractivity contribution in [3.8, 4) is 17.3 Å². The highest BCUT2D eigenvalue weighted by molar-refractivity contribution is 6.00. The van der Waals surface area contributed by atoms with E-state index in [1.165, 1.54) is 6.42 Å². The summed E-state index contributed by atoms with van der Waals surface area (Å²) in [6.45, 7) is 2.88. The topological polar surface area (TPSA) is 120 Å². The molecule has 4 aromatic rings. The second-order valence-corrected chi connectivity index (χ2v) is 13.5. The average molecular weight is 596 g/mol. The number of amides is 2. The molecule has 3 fully saturated rings. The number of carbonyl (C=O) groups is 2. The van der Waals surface area contributed by atoms with E-state index in [9.17, 15) is 9.59 Å². The van der Waals surface area contributed by atoms with Crippen molar-refractivity contribution in [2.75, 3.05) is 7.11 Å². The highest BCUT2D eigenvalue weighted by Crippen LogP contribution is 2.45. The van der Waals surface area contributed by atoms with E-state index < -0.39 is 0 Å². The Morgan fingerprint density at radius 2 is 1.93 bits per heavy atom. The van der Waals surface area contributed by atoms with Crippen LogP contribution < -0.4 is 15.8 Å². The molecule has 1 aliphatic carbocycles. The minimum atomic E-state index is -0.174. The number of hydrogen-bond donors (Lipinski definition) is 2. The van der Waals surface area contributed by atoms with E-state index in [-0.39, 0.29) is 36.0 Å². The molecular formula is C34H41N7O3. The molecule has 1 aromatic carbocycles. The molecule has 0 unspecified atom stereocenters. The first-order chi connectivity index (χ1) is 21.3. The molecule has 3 N–H and O–H groups in total. The molecule has 0 radical (unpaired) electrons. The molecule has 1 saturated carbocycles. The maximum atomic E-state index is 13.8. The quantitative estimate of drug-likeness (QED) is 0.355. The molecule has 8 rings (SSSR count). The molecule has 2 amide bonds. The Balaban J connectivity index is 1.23. The molecule has 0 spiro atoms. The first-order valence-corrected chi connectivity index (χ1v) is 16.2. The van der Waals surface area contributed by atoms with Gasteiger partial charge in [0.2, 0.25) is 5.91 Å². The molecule has 6 atom stereocenters. The van der Waals surface area contributed by atoms with Crippen molar-refractivity contribution in [2.24, 2.45) is 24.6 Å². The predicted octanol–water partition coefficient (Wildman–Crippen LogP) is 4.69. The molecule has 6 heterocycles. The third-order valence-electron chi connectivity index (χ3n) is 10.8. The van der Waals surface area contributed by atoms with Crippen LogP contribution in [0.4, 0.5) is 0 Å². The number of imidazole rings is 1. The van der Waals surface area contributed by atoms with Crippen molar-refractivity contribution >= 4 is 33.9 Å². The summed E-state index contributed by atoms with van der Waals surface area (Å²) in [6.07, 6.45) is 7.79. The Kier molecular flexibility index (Phi) is 6.48. The van der Waals surface area contributed by atoms with Gasteiger partial charge in [-0.05, 0) is 81.2 Å². The zero-order valence-corrected chi connectivity index (χ0v) is 25.8. The second-order valence-electron chi connectivity index (χ2n) is 13.5. The zero-order chi connectivity index (χ0) is 30.3. The summed E-state index contributed by atoms with van der Waals surface area (Å²) >= 11 is 0. The summed E-state index contributed by atoms with van der Waals surface area (Å²) in [5.41, 5.74) is 11.3. The van der Waals surface area contributed by atoms with Crippen LogP contribution in [-0.4, -0.2) is 61.1 Å². The fourth-order valence-electron chi connectivity index (χ4n) is 8.27. The van der Waals surface area contributed by atoms with Crippen LogP contribution in [0.1, 0.15) is 80.4 Å². The van der Waals surface area contributed by atoms with Gasteiger partial charge in [0, 0.05) is 49.1 Å². The predicted molar refractivity (Wildman–Crippen MR) is 168 cm³/mol. The lowest BCUT2D eigenvalue weighted by Crippen LogP contribution is -2.40. The number of rotatable bonds is 3. The molecule has 3 aliphatic heterocycles. The number of nitrogens with zero attached hydrogens (tertiary/aromatic N) is 5. The van der Waals surface area contributed by atoms with Crippen molar-refractivity contribution in [2.45, 2.75) is 89.0 Å². The maximum absolute atomic E-state index is 13.8. The van der Waals surface area contributed by atoms with E-state index >= 15 is 0 Å². The van der Waals surface area contributed by atoms with E-state index in [0.29, 0.717) is 29.6 Å². The van der Waals surface area contributed by atoms with Gasteiger partial charge in [-0.1, -0.05) is 12.8 Å². The van der Waals surface area contributed by atoms with Gasteiger partial charge < -0.3 is 29.8 Å². The van der Waals surface area contributed by atoms with Crippen LogP contribution >= 0.6 is 0 Å². The largest absolute Gasteiger partial charge is 0.494 e. The lowest BCUT2D eigenvalue weighted by Gasteiger charge is -2.23. The van der Waals surface area contributed by atoms with Crippen LogP contribution in [0.3, 0.4) is 0 Å². The molecule has 3 aromatic heterocycles. The summed E-state index contributed by atoms with van der Waals surface area (Å²) in [7, 11) is 3.66. The minimum absolute atomic E-state index is 0.0119. The number of pyridine rings is 1. The number of methoxy groups -OCH3 is 1. The molecule has 2 saturated heterocycles. The molecule has 4 aliphatic rings. The van der Waals surface area contributed by atoms with Crippen LogP contribution in [0.25, 0.3) is 33.6 Å². The van der Waals surface area contributed by atoms with Gasteiger partial charge in [-0.25, -0.2) is 9.97 Å². The van der Waals surface area contributed by atoms with Crippen molar-refractivity contribution in [3.63, 3.8) is 0 Å². The molecule has 10 nitrogen and oxygen atoms in total. The van der Waals surface area contributed by atoms with Gasteiger partial charge in [0.1, 0.15) is 16.9 Å². The third kappa shape index (κ3) is 4.40. The fourth-order valence-corrected chi connectivity index (χ4v) is 8.27. The van der Waals surface area contributed by atoms with E-state index in [2.05, 4.69) is 26.6 Å². The minimum Gasteiger partial charge on any atom is -0.494 e. The van der Waals surface area contributed by atoms with Crippen molar-refractivity contribution in [1.82, 2.24) is 29.3 Å². The summed E-state index contributed by atoms with van der Waals surface area (Å²) < 4.78 is 10.3. The maximum Gasteiger partial charge on any atom is 0.254 e. The lowest BCUT2D eigenvalue weighted by molar-refractivity contribution is -0.121. The van der Waals surface area contributed by atoms with Crippen LogP contribution in [0, 0.1) is 11.8 Å². The van der Waals surface area contributed by atoms with Gasteiger partial charge in [-0.3, -0.25) is 9.59 Å². The zero-order valence-electron chi connectivity index (χ0n) is 25.8.